The van der Waals surface area contributed by atoms with Crippen molar-refractivity contribution in [3.05, 3.63) is 21.6 Å². The van der Waals surface area contributed by atoms with Gasteiger partial charge in [0.15, 0.2) is 0 Å². The van der Waals surface area contributed by atoms with Gasteiger partial charge in [0.2, 0.25) is 0 Å². The van der Waals surface area contributed by atoms with Crippen LogP contribution in [0.4, 0.5) is 0 Å². The van der Waals surface area contributed by atoms with Crippen molar-refractivity contribution >= 4 is 5.91 Å². The van der Waals surface area contributed by atoms with E-state index in [1.54, 1.807) is 11.9 Å². The quantitative estimate of drug-likeness (QED) is 0.538. The standard InChI is InChI=1S/C7H9N3O2/c1-10-3-2-4-5(7(10)12)6(11)9-8-4/h2-3H2,1H3,(H2,8,9,11). The molecular weight excluding hydrogens is 158 g/mol. The Bertz CT molecular complexity index is 376. The van der Waals surface area contributed by atoms with Crippen LogP contribution in [0.3, 0.4) is 0 Å². The Morgan fingerprint density at radius 1 is 1.33 bits per heavy atom. The van der Waals surface area contributed by atoms with Gasteiger partial charge in [0.1, 0.15) is 5.56 Å². The highest BCUT2D eigenvalue weighted by Crippen LogP contribution is 2.10. The largest absolute Gasteiger partial charge is 0.341 e. The molecule has 0 aliphatic carbocycles. The number of carbonyl (C=O) groups excluding carboxylic acids is 1. The Hall–Kier alpha value is -1.52. The molecule has 2 heterocycles. The highest BCUT2D eigenvalue weighted by molar-refractivity contribution is 5.95. The second-order valence-corrected chi connectivity index (χ2v) is 2.91. The minimum atomic E-state index is -0.318. The van der Waals surface area contributed by atoms with Crippen LogP contribution in [-0.2, 0) is 6.42 Å². The molecule has 5 heteroatoms. The van der Waals surface area contributed by atoms with Crippen LogP contribution in [0.2, 0.25) is 0 Å². The van der Waals surface area contributed by atoms with Gasteiger partial charge < -0.3 is 10.00 Å². The third kappa shape index (κ3) is 0.792. The third-order valence-electron chi connectivity index (χ3n) is 2.11. The maximum absolute atomic E-state index is 11.4. The van der Waals surface area contributed by atoms with Gasteiger partial charge in [-0.1, -0.05) is 0 Å². The smallest absolute Gasteiger partial charge is 0.277 e. The maximum atomic E-state index is 11.4. The average molecular weight is 167 g/mol. The van der Waals surface area contributed by atoms with Crippen molar-refractivity contribution in [2.75, 3.05) is 13.6 Å². The zero-order valence-corrected chi connectivity index (χ0v) is 6.68. The number of nitrogens with one attached hydrogen (secondary N) is 2. The van der Waals surface area contributed by atoms with E-state index < -0.39 is 0 Å². The molecule has 0 saturated heterocycles. The summed E-state index contributed by atoms with van der Waals surface area (Å²) in [5, 5.41) is 5.09. The summed E-state index contributed by atoms with van der Waals surface area (Å²) in [4.78, 5) is 24.0. The number of aromatic nitrogens is 2. The Morgan fingerprint density at radius 3 is 2.83 bits per heavy atom. The first kappa shape index (κ1) is 7.15. The zero-order chi connectivity index (χ0) is 8.72. The molecule has 2 N–H and O–H groups in total. The molecule has 0 unspecified atom stereocenters. The van der Waals surface area contributed by atoms with Crippen molar-refractivity contribution in [1.29, 1.82) is 0 Å². The van der Waals surface area contributed by atoms with Crippen molar-refractivity contribution in [1.82, 2.24) is 15.1 Å². The molecule has 0 spiro atoms. The lowest BCUT2D eigenvalue weighted by Crippen LogP contribution is -2.36. The van der Waals surface area contributed by atoms with Crippen LogP contribution in [0.25, 0.3) is 0 Å². The van der Waals surface area contributed by atoms with Crippen LogP contribution < -0.4 is 5.56 Å². The molecule has 1 aromatic heterocycles. The van der Waals surface area contributed by atoms with E-state index in [9.17, 15) is 9.59 Å². The number of carbonyl (C=O) groups is 1. The van der Waals surface area contributed by atoms with Gasteiger partial charge in [-0.3, -0.25) is 14.7 Å². The van der Waals surface area contributed by atoms with Gasteiger partial charge in [-0.15, -0.1) is 0 Å². The Balaban J connectivity index is 2.60. The second-order valence-electron chi connectivity index (χ2n) is 2.91. The fourth-order valence-corrected chi connectivity index (χ4v) is 1.38. The number of H-pyrrole nitrogens is 2. The van der Waals surface area contributed by atoms with Gasteiger partial charge in [0.25, 0.3) is 11.5 Å². The number of rotatable bonds is 0. The van der Waals surface area contributed by atoms with Gasteiger partial charge in [0, 0.05) is 20.0 Å². The van der Waals surface area contributed by atoms with Crippen molar-refractivity contribution in [2.24, 2.45) is 0 Å². The normalized spacial score (nSPS) is 16.4. The summed E-state index contributed by atoms with van der Waals surface area (Å²) in [5.74, 6) is -0.196. The van der Waals surface area contributed by atoms with Gasteiger partial charge in [-0.2, -0.15) is 0 Å². The van der Waals surface area contributed by atoms with E-state index in [2.05, 4.69) is 10.2 Å². The number of fused-ring (bicyclic) bond motifs is 1. The predicted octanol–water partition coefficient (Wildman–Crippen LogP) is -0.669. The van der Waals surface area contributed by atoms with Gasteiger partial charge in [-0.25, -0.2) is 0 Å². The van der Waals surface area contributed by atoms with Crippen LogP contribution in [0.5, 0.6) is 0 Å². The molecule has 1 aliphatic heterocycles. The Kier molecular flexibility index (Phi) is 1.33. The summed E-state index contributed by atoms with van der Waals surface area (Å²) in [5.41, 5.74) is 0.674. The number of amides is 1. The molecule has 5 nitrogen and oxygen atoms in total. The lowest BCUT2D eigenvalue weighted by atomic mass is 10.1. The number of likely N-dealkylation sites (N-methyl/N-ethyl adjacent to an activating group) is 1. The fourth-order valence-electron chi connectivity index (χ4n) is 1.38. The van der Waals surface area contributed by atoms with Crippen LogP contribution in [-0.4, -0.2) is 34.6 Å². The van der Waals surface area contributed by atoms with Crippen LogP contribution in [0.15, 0.2) is 4.79 Å². The van der Waals surface area contributed by atoms with E-state index in [-0.39, 0.29) is 17.0 Å². The van der Waals surface area contributed by atoms with Gasteiger partial charge in [0.05, 0.1) is 5.69 Å². The van der Waals surface area contributed by atoms with Crippen molar-refractivity contribution < 1.29 is 4.79 Å². The molecule has 0 radical (unpaired) electrons. The maximum Gasteiger partial charge on any atom is 0.277 e. The molecule has 0 aromatic carbocycles. The molecule has 2 rings (SSSR count). The molecular formula is C7H9N3O2. The van der Waals surface area contributed by atoms with Crippen molar-refractivity contribution in [3.8, 4) is 0 Å². The van der Waals surface area contributed by atoms with Crippen LogP contribution in [0, 0.1) is 0 Å². The number of aromatic amines is 2. The molecule has 0 fully saturated rings. The zero-order valence-electron chi connectivity index (χ0n) is 6.68. The first-order valence-corrected chi connectivity index (χ1v) is 3.75. The van der Waals surface area contributed by atoms with Crippen molar-refractivity contribution in [2.45, 2.75) is 6.42 Å². The molecule has 0 bridgehead atoms. The molecule has 1 aromatic rings. The summed E-state index contributed by atoms with van der Waals surface area (Å²) < 4.78 is 0. The lowest BCUT2D eigenvalue weighted by molar-refractivity contribution is 0.0779. The van der Waals surface area contributed by atoms with E-state index in [1.807, 2.05) is 0 Å². The van der Waals surface area contributed by atoms with E-state index in [4.69, 9.17) is 0 Å². The minimum absolute atomic E-state index is 0.196. The van der Waals surface area contributed by atoms with E-state index >= 15 is 0 Å². The first-order valence-electron chi connectivity index (χ1n) is 3.75. The summed E-state index contributed by atoms with van der Waals surface area (Å²) in [6.07, 6.45) is 0.719. The van der Waals surface area contributed by atoms with E-state index in [0.717, 1.165) is 12.1 Å². The third-order valence-corrected chi connectivity index (χ3v) is 2.11. The molecule has 0 saturated carbocycles. The highest BCUT2D eigenvalue weighted by atomic mass is 16.2. The highest BCUT2D eigenvalue weighted by Gasteiger charge is 2.25. The van der Waals surface area contributed by atoms with Gasteiger partial charge >= 0.3 is 0 Å². The second kappa shape index (κ2) is 2.23. The summed E-state index contributed by atoms with van der Waals surface area (Å²) >= 11 is 0. The van der Waals surface area contributed by atoms with Crippen LogP contribution >= 0.6 is 0 Å². The van der Waals surface area contributed by atoms with E-state index in [1.165, 1.54) is 0 Å². The molecule has 0 atom stereocenters. The molecule has 1 aliphatic rings. The summed E-state index contributed by atoms with van der Waals surface area (Å²) in [6, 6.07) is 0. The summed E-state index contributed by atoms with van der Waals surface area (Å²) in [7, 11) is 1.69. The fraction of sp³-hybridized carbons (Fsp3) is 0.429. The molecule has 64 valence electrons. The first-order chi connectivity index (χ1) is 5.70. The van der Waals surface area contributed by atoms with Gasteiger partial charge in [-0.05, 0) is 0 Å². The van der Waals surface area contributed by atoms with E-state index in [0.29, 0.717) is 6.54 Å². The number of hydrogen-bond donors (Lipinski definition) is 2. The lowest BCUT2D eigenvalue weighted by Gasteiger charge is -2.20. The molecule has 1 amide bonds. The Morgan fingerprint density at radius 2 is 2.08 bits per heavy atom. The molecule has 12 heavy (non-hydrogen) atoms. The number of hydrogen-bond acceptors (Lipinski definition) is 2. The summed E-state index contributed by atoms with van der Waals surface area (Å²) in [6.45, 7) is 0.666. The Labute approximate surface area is 68.4 Å². The average Bonchev–Trinajstić information content (AvgIpc) is 2.41. The number of nitrogens with zero attached hydrogens (tertiary/aromatic N) is 1. The monoisotopic (exact) mass is 167 g/mol. The predicted molar refractivity (Wildman–Crippen MR) is 42.1 cm³/mol. The van der Waals surface area contributed by atoms with Crippen molar-refractivity contribution in [3.63, 3.8) is 0 Å². The minimum Gasteiger partial charge on any atom is -0.341 e. The topological polar surface area (TPSA) is 69.0 Å². The SMILES string of the molecule is CN1CCc2[nH][nH]c(=O)c2C1=O. The van der Waals surface area contributed by atoms with Crippen LogP contribution in [0.1, 0.15) is 16.1 Å².